The van der Waals surface area contributed by atoms with Gasteiger partial charge in [0.25, 0.3) is 0 Å². The van der Waals surface area contributed by atoms with Gasteiger partial charge in [-0.25, -0.2) is 0 Å². The summed E-state index contributed by atoms with van der Waals surface area (Å²) < 4.78 is 5.37. The summed E-state index contributed by atoms with van der Waals surface area (Å²) >= 11 is 0. The predicted molar refractivity (Wildman–Crippen MR) is 64.3 cm³/mol. The Labute approximate surface area is 103 Å². The largest absolute Gasteiger partial charge is 0.379 e. The molecule has 1 N–H and O–H groups in total. The summed E-state index contributed by atoms with van der Waals surface area (Å²) in [6.07, 6.45) is 1.42. The van der Waals surface area contributed by atoms with E-state index in [1.165, 1.54) is 0 Å². The molecule has 96 valence electrons. The second kappa shape index (κ2) is 7.25. The monoisotopic (exact) mass is 239 g/mol. The SMILES string of the molecule is CCCNC1COCC1C(=O)N(C)CCC#N. The number of amides is 1. The Morgan fingerprint density at radius 2 is 2.35 bits per heavy atom. The molecular weight excluding hydrogens is 218 g/mol. The number of nitriles is 1. The zero-order chi connectivity index (χ0) is 12.7. The maximum absolute atomic E-state index is 12.1. The quantitative estimate of drug-likeness (QED) is 0.727. The van der Waals surface area contributed by atoms with Gasteiger partial charge in [0.15, 0.2) is 0 Å². The molecule has 0 aliphatic carbocycles. The molecule has 0 aromatic carbocycles. The van der Waals surface area contributed by atoms with Crippen LogP contribution in [-0.4, -0.2) is 50.2 Å². The van der Waals surface area contributed by atoms with Crippen LogP contribution in [0.3, 0.4) is 0 Å². The number of rotatable bonds is 6. The Morgan fingerprint density at radius 3 is 3.00 bits per heavy atom. The average Bonchev–Trinajstić information content (AvgIpc) is 2.80. The van der Waals surface area contributed by atoms with Crippen LogP contribution in [-0.2, 0) is 9.53 Å². The fourth-order valence-electron chi connectivity index (χ4n) is 1.94. The number of nitrogens with one attached hydrogen (secondary N) is 1. The van der Waals surface area contributed by atoms with Gasteiger partial charge in [0.2, 0.25) is 5.91 Å². The van der Waals surface area contributed by atoms with Crippen LogP contribution in [0.2, 0.25) is 0 Å². The molecular formula is C12H21N3O2. The zero-order valence-corrected chi connectivity index (χ0v) is 10.6. The van der Waals surface area contributed by atoms with E-state index in [0.29, 0.717) is 26.2 Å². The van der Waals surface area contributed by atoms with Gasteiger partial charge in [-0.2, -0.15) is 5.26 Å². The highest BCUT2D eigenvalue weighted by Gasteiger charge is 2.35. The van der Waals surface area contributed by atoms with Crippen molar-refractivity contribution < 1.29 is 9.53 Å². The second-order valence-electron chi connectivity index (χ2n) is 4.37. The van der Waals surface area contributed by atoms with Crippen LogP contribution in [0.25, 0.3) is 0 Å². The number of carbonyl (C=O) groups is 1. The predicted octanol–water partition coefficient (Wildman–Crippen LogP) is 0.373. The van der Waals surface area contributed by atoms with E-state index in [2.05, 4.69) is 12.2 Å². The summed E-state index contributed by atoms with van der Waals surface area (Å²) in [4.78, 5) is 13.7. The van der Waals surface area contributed by atoms with E-state index >= 15 is 0 Å². The first-order valence-corrected chi connectivity index (χ1v) is 6.13. The van der Waals surface area contributed by atoms with Crippen molar-refractivity contribution >= 4 is 5.91 Å². The van der Waals surface area contributed by atoms with Gasteiger partial charge in [0.05, 0.1) is 31.6 Å². The fourth-order valence-corrected chi connectivity index (χ4v) is 1.94. The molecule has 0 bridgehead atoms. The number of carbonyl (C=O) groups excluding carboxylic acids is 1. The Balaban J connectivity index is 2.46. The molecule has 1 rings (SSSR count). The molecule has 17 heavy (non-hydrogen) atoms. The lowest BCUT2D eigenvalue weighted by Gasteiger charge is -2.23. The van der Waals surface area contributed by atoms with Gasteiger partial charge in [-0.15, -0.1) is 0 Å². The van der Waals surface area contributed by atoms with E-state index in [1.54, 1.807) is 11.9 Å². The number of hydrogen-bond acceptors (Lipinski definition) is 4. The van der Waals surface area contributed by atoms with Crippen molar-refractivity contribution in [1.29, 1.82) is 5.26 Å². The van der Waals surface area contributed by atoms with Gasteiger partial charge in [0, 0.05) is 19.6 Å². The number of ether oxygens (including phenoxy) is 1. The third-order valence-corrected chi connectivity index (χ3v) is 2.99. The van der Waals surface area contributed by atoms with Crippen LogP contribution < -0.4 is 5.32 Å². The summed E-state index contributed by atoms with van der Waals surface area (Å²) in [5.41, 5.74) is 0. The molecule has 1 amide bonds. The standard InChI is InChI=1S/C12H21N3O2/c1-3-6-14-11-9-17-8-10(11)12(16)15(2)7-4-5-13/h10-11,14H,3-4,6-9H2,1-2H3. The van der Waals surface area contributed by atoms with Crippen LogP contribution in [0.15, 0.2) is 0 Å². The first-order valence-electron chi connectivity index (χ1n) is 6.13. The first kappa shape index (κ1) is 13.9. The van der Waals surface area contributed by atoms with Crippen molar-refractivity contribution in [2.24, 2.45) is 5.92 Å². The molecule has 0 aromatic rings. The number of nitrogens with zero attached hydrogens (tertiary/aromatic N) is 2. The van der Waals surface area contributed by atoms with Crippen molar-refractivity contribution in [2.75, 3.05) is 33.4 Å². The third-order valence-electron chi connectivity index (χ3n) is 2.99. The van der Waals surface area contributed by atoms with Gasteiger partial charge in [-0.1, -0.05) is 6.92 Å². The highest BCUT2D eigenvalue weighted by molar-refractivity contribution is 5.79. The maximum Gasteiger partial charge on any atom is 0.229 e. The maximum atomic E-state index is 12.1. The molecule has 0 radical (unpaired) electrons. The molecule has 1 heterocycles. The van der Waals surface area contributed by atoms with Crippen molar-refractivity contribution in [3.05, 3.63) is 0 Å². The van der Waals surface area contributed by atoms with Gasteiger partial charge in [-0.05, 0) is 13.0 Å². The van der Waals surface area contributed by atoms with E-state index in [-0.39, 0.29) is 17.9 Å². The van der Waals surface area contributed by atoms with Gasteiger partial charge >= 0.3 is 0 Å². The Morgan fingerprint density at radius 1 is 1.59 bits per heavy atom. The molecule has 0 spiro atoms. The molecule has 1 aliphatic heterocycles. The van der Waals surface area contributed by atoms with E-state index < -0.39 is 0 Å². The first-order chi connectivity index (χ1) is 8.20. The molecule has 0 saturated carbocycles. The summed E-state index contributed by atoms with van der Waals surface area (Å²) in [6.45, 7) is 4.57. The highest BCUT2D eigenvalue weighted by Crippen LogP contribution is 2.16. The van der Waals surface area contributed by atoms with Crippen LogP contribution in [0.1, 0.15) is 19.8 Å². The van der Waals surface area contributed by atoms with Crippen LogP contribution in [0.4, 0.5) is 0 Å². The molecule has 1 saturated heterocycles. The average molecular weight is 239 g/mol. The van der Waals surface area contributed by atoms with Gasteiger partial charge in [0.1, 0.15) is 0 Å². The van der Waals surface area contributed by atoms with Crippen LogP contribution in [0.5, 0.6) is 0 Å². The lowest BCUT2D eigenvalue weighted by atomic mass is 10.0. The summed E-state index contributed by atoms with van der Waals surface area (Å²) in [7, 11) is 1.74. The molecule has 2 unspecified atom stereocenters. The van der Waals surface area contributed by atoms with Crippen molar-refractivity contribution in [2.45, 2.75) is 25.8 Å². The molecule has 2 atom stereocenters. The smallest absolute Gasteiger partial charge is 0.229 e. The minimum absolute atomic E-state index is 0.0753. The Kier molecular flexibility index (Phi) is 5.95. The minimum atomic E-state index is -0.106. The summed E-state index contributed by atoms with van der Waals surface area (Å²) in [6, 6.07) is 2.17. The van der Waals surface area contributed by atoms with E-state index in [0.717, 1.165) is 13.0 Å². The normalized spacial score (nSPS) is 23.4. The molecule has 1 fully saturated rings. The third kappa shape index (κ3) is 3.99. The Hall–Kier alpha value is -1.12. The van der Waals surface area contributed by atoms with Crippen LogP contribution in [0, 0.1) is 17.2 Å². The summed E-state index contributed by atoms with van der Waals surface area (Å²) in [5.74, 6) is -0.0309. The molecule has 0 aromatic heterocycles. The zero-order valence-electron chi connectivity index (χ0n) is 10.6. The number of hydrogen-bond donors (Lipinski definition) is 1. The molecule has 1 aliphatic rings. The fraction of sp³-hybridized carbons (Fsp3) is 0.833. The molecule has 5 nitrogen and oxygen atoms in total. The van der Waals surface area contributed by atoms with E-state index in [4.69, 9.17) is 10.00 Å². The minimum Gasteiger partial charge on any atom is -0.379 e. The van der Waals surface area contributed by atoms with Gasteiger partial charge < -0.3 is 15.0 Å². The molecule has 5 heteroatoms. The van der Waals surface area contributed by atoms with Gasteiger partial charge in [-0.3, -0.25) is 4.79 Å². The van der Waals surface area contributed by atoms with Crippen molar-refractivity contribution in [3.63, 3.8) is 0 Å². The van der Waals surface area contributed by atoms with Crippen LogP contribution >= 0.6 is 0 Å². The van der Waals surface area contributed by atoms with Crippen molar-refractivity contribution in [1.82, 2.24) is 10.2 Å². The topological polar surface area (TPSA) is 65.4 Å². The van der Waals surface area contributed by atoms with E-state index in [1.807, 2.05) is 6.07 Å². The Bertz CT molecular complexity index is 288. The summed E-state index contributed by atoms with van der Waals surface area (Å²) in [5, 5.41) is 11.8. The van der Waals surface area contributed by atoms with E-state index in [9.17, 15) is 4.79 Å². The second-order valence-corrected chi connectivity index (χ2v) is 4.37. The van der Waals surface area contributed by atoms with Crippen molar-refractivity contribution in [3.8, 4) is 6.07 Å². The highest BCUT2D eigenvalue weighted by atomic mass is 16.5. The lowest BCUT2D eigenvalue weighted by molar-refractivity contribution is -0.134. The lowest BCUT2D eigenvalue weighted by Crippen LogP contribution is -2.45.